The molecule has 0 bridgehead atoms. The number of thioether (sulfide) groups is 1. The number of fused-ring (bicyclic) bond motifs is 1. The van der Waals surface area contributed by atoms with Crippen molar-refractivity contribution in [1.82, 2.24) is 4.90 Å². The van der Waals surface area contributed by atoms with Gasteiger partial charge in [-0.1, -0.05) is 45.9 Å². The minimum atomic E-state index is -0.302. The average molecular weight is 470 g/mol. The van der Waals surface area contributed by atoms with E-state index in [-0.39, 0.29) is 18.2 Å². The predicted molar refractivity (Wildman–Crippen MR) is 119 cm³/mol. The number of allylic oxidation sites excluding steroid dienone is 1. The Morgan fingerprint density at radius 1 is 1.28 bits per heavy atom. The Bertz CT molecular complexity index is 1050. The van der Waals surface area contributed by atoms with E-state index >= 15 is 0 Å². The molecule has 5 nitrogen and oxygen atoms in total. The molecule has 1 amide bonds. The van der Waals surface area contributed by atoms with Crippen LogP contribution < -0.4 is 9.64 Å². The molecule has 0 aromatic heterocycles. The number of rotatable bonds is 3. The van der Waals surface area contributed by atoms with Gasteiger partial charge < -0.3 is 9.64 Å². The van der Waals surface area contributed by atoms with Crippen molar-refractivity contribution in [3.05, 3.63) is 68.7 Å². The number of nitriles is 1. The maximum atomic E-state index is 13.1. The van der Waals surface area contributed by atoms with Gasteiger partial charge in [-0.25, -0.2) is 0 Å². The number of carbonyl (C=O) groups excluding carboxylic acids is 1. The zero-order valence-corrected chi connectivity index (χ0v) is 18.6. The van der Waals surface area contributed by atoms with Crippen LogP contribution in [0.1, 0.15) is 23.5 Å². The SMILES string of the molecule is COc1ccc(Br)cc1C1CC(=O)N2CN(c3ccccc3C)CSC2=C1C#N. The van der Waals surface area contributed by atoms with Crippen LogP contribution in [0.2, 0.25) is 0 Å². The van der Waals surface area contributed by atoms with Crippen molar-refractivity contribution in [2.24, 2.45) is 0 Å². The van der Waals surface area contributed by atoms with E-state index in [4.69, 9.17) is 4.74 Å². The molecule has 0 saturated carbocycles. The monoisotopic (exact) mass is 469 g/mol. The summed E-state index contributed by atoms with van der Waals surface area (Å²) in [4.78, 5) is 17.0. The molecular weight excluding hydrogens is 450 g/mol. The summed E-state index contributed by atoms with van der Waals surface area (Å²) >= 11 is 5.04. The number of nitrogens with zero attached hydrogens (tertiary/aromatic N) is 3. The fourth-order valence-corrected chi connectivity index (χ4v) is 5.41. The number of hydrogen-bond donors (Lipinski definition) is 0. The Balaban J connectivity index is 1.72. The van der Waals surface area contributed by atoms with E-state index in [1.807, 2.05) is 30.3 Å². The van der Waals surface area contributed by atoms with Gasteiger partial charge in [0, 0.05) is 28.1 Å². The van der Waals surface area contributed by atoms with E-state index in [1.165, 1.54) is 5.56 Å². The Morgan fingerprint density at radius 2 is 2.07 bits per heavy atom. The predicted octanol–water partition coefficient (Wildman–Crippen LogP) is 4.99. The molecule has 4 rings (SSSR count). The third-order valence-corrected chi connectivity index (χ3v) is 6.96. The minimum absolute atomic E-state index is 0.0248. The van der Waals surface area contributed by atoms with Gasteiger partial charge in [0.05, 0.1) is 36.3 Å². The van der Waals surface area contributed by atoms with Crippen LogP contribution in [-0.4, -0.2) is 30.5 Å². The first-order valence-electron chi connectivity index (χ1n) is 9.25. The van der Waals surface area contributed by atoms with Gasteiger partial charge in [-0.15, -0.1) is 0 Å². The number of anilines is 1. The third kappa shape index (κ3) is 3.63. The number of methoxy groups -OCH3 is 1. The molecule has 7 heteroatoms. The number of hydrogen-bond acceptors (Lipinski definition) is 5. The summed E-state index contributed by atoms with van der Waals surface area (Å²) in [5.41, 5.74) is 3.78. The van der Waals surface area contributed by atoms with E-state index in [0.29, 0.717) is 23.9 Å². The smallest absolute Gasteiger partial charge is 0.229 e. The van der Waals surface area contributed by atoms with Crippen LogP contribution in [0, 0.1) is 18.3 Å². The van der Waals surface area contributed by atoms with Crippen LogP contribution in [0.3, 0.4) is 0 Å². The molecule has 148 valence electrons. The zero-order chi connectivity index (χ0) is 20.5. The quantitative estimate of drug-likeness (QED) is 0.633. The van der Waals surface area contributed by atoms with Gasteiger partial charge in [0.1, 0.15) is 5.75 Å². The molecule has 0 N–H and O–H groups in total. The maximum absolute atomic E-state index is 13.1. The fraction of sp³-hybridized carbons (Fsp3) is 0.273. The molecule has 2 aromatic carbocycles. The molecule has 0 spiro atoms. The Labute approximate surface area is 183 Å². The normalized spacial score (nSPS) is 19.1. The van der Waals surface area contributed by atoms with Gasteiger partial charge in [0.2, 0.25) is 5.91 Å². The zero-order valence-electron chi connectivity index (χ0n) is 16.2. The topological polar surface area (TPSA) is 56.6 Å². The summed E-state index contributed by atoms with van der Waals surface area (Å²) in [6.45, 7) is 2.53. The standard InChI is InChI=1S/C22H20BrN3O2S/c1-14-5-3-4-6-19(14)25-12-26-21(27)10-16(18(11-24)22(26)29-13-25)17-9-15(23)7-8-20(17)28-2/h3-9,16H,10,12-13H2,1-2H3. The summed E-state index contributed by atoms with van der Waals surface area (Å²) in [6.07, 6.45) is 0.251. The first kappa shape index (κ1) is 19.9. The summed E-state index contributed by atoms with van der Waals surface area (Å²) in [5, 5.41) is 10.7. The molecule has 2 aliphatic heterocycles. The van der Waals surface area contributed by atoms with E-state index in [2.05, 4.69) is 46.0 Å². The molecule has 2 heterocycles. The minimum Gasteiger partial charge on any atom is -0.496 e. The number of amides is 1. The molecule has 1 fully saturated rings. The molecule has 1 atom stereocenters. The summed E-state index contributed by atoms with van der Waals surface area (Å²) in [6, 6.07) is 16.2. The summed E-state index contributed by atoms with van der Waals surface area (Å²) in [7, 11) is 1.61. The first-order chi connectivity index (χ1) is 14.0. The molecular formula is C22H20BrN3O2S. The molecule has 2 aliphatic rings. The molecule has 1 saturated heterocycles. The summed E-state index contributed by atoms with van der Waals surface area (Å²) in [5.74, 6) is 1.10. The van der Waals surface area contributed by atoms with Gasteiger partial charge in [-0.2, -0.15) is 5.26 Å². The molecule has 2 aromatic rings. The van der Waals surface area contributed by atoms with Crippen molar-refractivity contribution in [3.8, 4) is 11.8 Å². The van der Waals surface area contributed by atoms with Gasteiger partial charge in [-0.3, -0.25) is 9.69 Å². The fourth-order valence-electron chi connectivity index (χ4n) is 3.88. The third-order valence-electron chi connectivity index (χ3n) is 5.32. The lowest BCUT2D eigenvalue weighted by Gasteiger charge is -2.42. The van der Waals surface area contributed by atoms with Gasteiger partial charge in [0.15, 0.2) is 0 Å². The van der Waals surface area contributed by atoms with E-state index in [0.717, 1.165) is 20.8 Å². The highest BCUT2D eigenvalue weighted by Crippen LogP contribution is 2.45. The lowest BCUT2D eigenvalue weighted by molar-refractivity contribution is -0.129. The second-order valence-electron chi connectivity index (χ2n) is 7.04. The van der Waals surface area contributed by atoms with Crippen LogP contribution in [-0.2, 0) is 4.79 Å². The van der Waals surface area contributed by atoms with Crippen LogP contribution in [0.25, 0.3) is 0 Å². The average Bonchev–Trinajstić information content (AvgIpc) is 2.74. The van der Waals surface area contributed by atoms with Gasteiger partial charge in [-0.05, 0) is 36.8 Å². The highest BCUT2D eigenvalue weighted by molar-refractivity contribution is 9.10. The Morgan fingerprint density at radius 3 is 2.79 bits per heavy atom. The van der Waals surface area contributed by atoms with Crippen molar-refractivity contribution < 1.29 is 9.53 Å². The Hall–Kier alpha value is -2.43. The number of benzene rings is 2. The van der Waals surface area contributed by atoms with E-state index in [9.17, 15) is 10.1 Å². The first-order valence-corrected chi connectivity index (χ1v) is 11.0. The van der Waals surface area contributed by atoms with Crippen LogP contribution in [0.4, 0.5) is 5.69 Å². The molecule has 1 unspecified atom stereocenters. The lowest BCUT2D eigenvalue weighted by atomic mass is 9.86. The number of aryl methyl sites for hydroxylation is 1. The highest BCUT2D eigenvalue weighted by atomic mass is 79.9. The van der Waals surface area contributed by atoms with Crippen molar-refractivity contribution in [2.45, 2.75) is 19.3 Å². The molecule has 0 radical (unpaired) electrons. The molecule has 29 heavy (non-hydrogen) atoms. The number of para-hydroxylation sites is 1. The van der Waals surface area contributed by atoms with Gasteiger partial charge in [0.25, 0.3) is 0 Å². The van der Waals surface area contributed by atoms with Crippen LogP contribution in [0.15, 0.2) is 57.5 Å². The van der Waals surface area contributed by atoms with Crippen molar-refractivity contribution >= 4 is 39.3 Å². The van der Waals surface area contributed by atoms with Crippen molar-refractivity contribution in [1.29, 1.82) is 5.26 Å². The van der Waals surface area contributed by atoms with E-state index in [1.54, 1.807) is 23.8 Å². The van der Waals surface area contributed by atoms with Crippen LogP contribution in [0.5, 0.6) is 5.75 Å². The second-order valence-corrected chi connectivity index (χ2v) is 8.89. The molecule has 0 aliphatic carbocycles. The highest BCUT2D eigenvalue weighted by Gasteiger charge is 2.39. The van der Waals surface area contributed by atoms with Crippen LogP contribution >= 0.6 is 27.7 Å². The van der Waals surface area contributed by atoms with Crippen molar-refractivity contribution in [2.75, 3.05) is 24.6 Å². The van der Waals surface area contributed by atoms with E-state index < -0.39 is 0 Å². The summed E-state index contributed by atoms with van der Waals surface area (Å²) < 4.78 is 6.41. The lowest BCUT2D eigenvalue weighted by Crippen LogP contribution is -2.47. The largest absolute Gasteiger partial charge is 0.496 e. The Kier molecular flexibility index (Phi) is 5.57. The second kappa shape index (κ2) is 8.13. The maximum Gasteiger partial charge on any atom is 0.229 e. The number of halogens is 1. The number of ether oxygens (including phenoxy) is 1. The van der Waals surface area contributed by atoms with Crippen molar-refractivity contribution in [3.63, 3.8) is 0 Å². The van der Waals surface area contributed by atoms with Gasteiger partial charge >= 0.3 is 0 Å². The number of carbonyl (C=O) groups is 1.